The molecule has 0 amide bonds. The molecular weight excluding hydrogens is 426 g/mol. The Balaban J connectivity index is 1.40. The van der Waals surface area contributed by atoms with Gasteiger partial charge in [0.2, 0.25) is 0 Å². The number of halogens is 1. The maximum absolute atomic E-state index is 9.60. The summed E-state index contributed by atoms with van der Waals surface area (Å²) < 4.78 is 1.11. The number of likely N-dealkylation sites (N-methyl/N-ethyl adjacent to an activating group) is 1. The third-order valence-corrected chi connectivity index (χ3v) is 6.56. The normalized spacial score (nSPS) is 18.7. The molecule has 2 aliphatic rings. The van der Waals surface area contributed by atoms with Gasteiger partial charge in [-0.15, -0.1) is 0 Å². The van der Waals surface area contributed by atoms with Gasteiger partial charge < -0.3 is 14.7 Å². The molecule has 2 fully saturated rings. The minimum absolute atomic E-state index is 0.804. The summed E-state index contributed by atoms with van der Waals surface area (Å²) in [5.41, 5.74) is 4.49. The largest absolute Gasteiger partial charge is 0.369 e. The summed E-state index contributed by atoms with van der Waals surface area (Å²) >= 11 is 3.51. The zero-order valence-electron chi connectivity index (χ0n) is 17.0. The lowest BCUT2D eigenvalue weighted by Gasteiger charge is -2.37. The number of anilines is 2. The van der Waals surface area contributed by atoms with Crippen LogP contribution >= 0.6 is 15.9 Å². The van der Waals surface area contributed by atoms with Crippen LogP contribution in [0.4, 0.5) is 11.4 Å². The molecule has 2 aliphatic heterocycles. The van der Waals surface area contributed by atoms with Crippen LogP contribution in [0.5, 0.6) is 0 Å². The van der Waals surface area contributed by atoms with E-state index in [0.717, 1.165) is 74.5 Å². The van der Waals surface area contributed by atoms with Crippen molar-refractivity contribution in [3.63, 3.8) is 0 Å². The van der Waals surface area contributed by atoms with E-state index >= 15 is 0 Å². The number of nitrogens with zero attached hydrogens (tertiary/aromatic N) is 5. The number of rotatable bonds is 4. The lowest BCUT2D eigenvalue weighted by Crippen LogP contribution is -2.46. The van der Waals surface area contributed by atoms with Crippen LogP contribution in [0.2, 0.25) is 0 Å². The Labute approximate surface area is 182 Å². The minimum atomic E-state index is 0.804. The van der Waals surface area contributed by atoms with Crippen molar-refractivity contribution in [2.45, 2.75) is 6.54 Å². The summed E-state index contributed by atoms with van der Waals surface area (Å²) in [6.45, 7) is 9.18. The molecule has 0 aliphatic carbocycles. The van der Waals surface area contributed by atoms with E-state index in [1.165, 1.54) is 11.4 Å². The highest BCUT2D eigenvalue weighted by molar-refractivity contribution is 9.10. The third kappa shape index (κ3) is 4.92. The third-order valence-electron chi connectivity index (χ3n) is 6.04. The standard InChI is InChI=1S/C23H28BrN5/c1-26-8-12-29(13-9-26)23-5-2-19(17-25)20(16-23)18-27-10-14-28(15-11-27)22-6-3-21(24)4-7-22/h2-7,16H,8-15,18H2,1H3. The molecule has 0 unspecified atom stereocenters. The summed E-state index contributed by atoms with van der Waals surface area (Å²) in [7, 11) is 2.18. The average molecular weight is 454 g/mol. The lowest BCUT2D eigenvalue weighted by molar-refractivity contribution is 0.249. The van der Waals surface area contributed by atoms with Crippen LogP contribution in [0.3, 0.4) is 0 Å². The van der Waals surface area contributed by atoms with Gasteiger partial charge in [0.25, 0.3) is 0 Å². The molecular formula is C23H28BrN5. The molecule has 2 aromatic carbocycles. The summed E-state index contributed by atoms with van der Waals surface area (Å²) in [5.74, 6) is 0. The van der Waals surface area contributed by atoms with E-state index in [9.17, 15) is 5.26 Å². The van der Waals surface area contributed by atoms with Crippen molar-refractivity contribution in [3.05, 3.63) is 58.1 Å². The Kier molecular flexibility index (Phi) is 6.39. The van der Waals surface area contributed by atoms with Gasteiger partial charge in [-0.3, -0.25) is 4.90 Å². The molecule has 152 valence electrons. The maximum Gasteiger partial charge on any atom is 0.0995 e. The first-order chi connectivity index (χ1) is 14.1. The molecule has 0 aromatic heterocycles. The van der Waals surface area contributed by atoms with E-state index in [-0.39, 0.29) is 0 Å². The molecule has 0 radical (unpaired) electrons. The minimum Gasteiger partial charge on any atom is -0.369 e. The van der Waals surface area contributed by atoms with Gasteiger partial charge in [0.05, 0.1) is 11.6 Å². The molecule has 0 saturated carbocycles. The maximum atomic E-state index is 9.60. The zero-order chi connectivity index (χ0) is 20.2. The van der Waals surface area contributed by atoms with E-state index in [4.69, 9.17) is 0 Å². The van der Waals surface area contributed by atoms with Crippen molar-refractivity contribution in [1.29, 1.82) is 5.26 Å². The van der Waals surface area contributed by atoms with Crippen LogP contribution in [0.15, 0.2) is 46.9 Å². The lowest BCUT2D eigenvalue weighted by atomic mass is 10.1. The number of nitriles is 1. The molecule has 2 saturated heterocycles. The zero-order valence-corrected chi connectivity index (χ0v) is 18.6. The Morgan fingerprint density at radius 3 is 2.07 bits per heavy atom. The Hall–Kier alpha value is -2.07. The van der Waals surface area contributed by atoms with Crippen molar-refractivity contribution in [1.82, 2.24) is 9.80 Å². The number of piperazine rings is 2. The SMILES string of the molecule is CN1CCN(c2ccc(C#N)c(CN3CCN(c4ccc(Br)cc4)CC3)c2)CC1. The van der Waals surface area contributed by atoms with E-state index in [1.54, 1.807) is 0 Å². The fourth-order valence-corrected chi connectivity index (χ4v) is 4.40. The van der Waals surface area contributed by atoms with Gasteiger partial charge in [-0.1, -0.05) is 15.9 Å². The molecule has 0 spiro atoms. The fourth-order valence-electron chi connectivity index (χ4n) is 4.14. The van der Waals surface area contributed by atoms with Gasteiger partial charge >= 0.3 is 0 Å². The predicted molar refractivity (Wildman–Crippen MR) is 122 cm³/mol. The van der Waals surface area contributed by atoms with Crippen molar-refractivity contribution in [2.24, 2.45) is 0 Å². The second-order valence-electron chi connectivity index (χ2n) is 7.98. The van der Waals surface area contributed by atoms with Gasteiger partial charge in [-0.05, 0) is 55.1 Å². The van der Waals surface area contributed by atoms with Crippen molar-refractivity contribution < 1.29 is 0 Å². The second-order valence-corrected chi connectivity index (χ2v) is 8.90. The quantitative estimate of drug-likeness (QED) is 0.708. The van der Waals surface area contributed by atoms with Gasteiger partial charge in [0.15, 0.2) is 0 Å². The van der Waals surface area contributed by atoms with Crippen LogP contribution in [-0.2, 0) is 6.54 Å². The predicted octanol–water partition coefficient (Wildman–Crippen LogP) is 3.39. The van der Waals surface area contributed by atoms with Gasteiger partial charge in [-0.2, -0.15) is 5.26 Å². The highest BCUT2D eigenvalue weighted by atomic mass is 79.9. The molecule has 29 heavy (non-hydrogen) atoms. The van der Waals surface area contributed by atoms with Crippen molar-refractivity contribution >= 4 is 27.3 Å². The number of hydrogen-bond acceptors (Lipinski definition) is 5. The van der Waals surface area contributed by atoms with Gasteiger partial charge in [-0.25, -0.2) is 0 Å². The first-order valence-corrected chi connectivity index (χ1v) is 11.1. The second kappa shape index (κ2) is 9.17. The average Bonchev–Trinajstić information content (AvgIpc) is 2.75. The van der Waals surface area contributed by atoms with Crippen LogP contribution in [-0.4, -0.2) is 69.2 Å². The van der Waals surface area contributed by atoms with E-state index in [2.05, 4.69) is 85.0 Å². The summed E-state index contributed by atoms with van der Waals surface area (Å²) in [4.78, 5) is 9.72. The smallest absolute Gasteiger partial charge is 0.0995 e. The monoisotopic (exact) mass is 453 g/mol. The van der Waals surface area contributed by atoms with Gasteiger partial charge in [0, 0.05) is 74.8 Å². The molecule has 4 rings (SSSR count). The first kappa shape index (κ1) is 20.2. The summed E-state index contributed by atoms with van der Waals surface area (Å²) in [6, 6.07) is 17.3. The van der Waals surface area contributed by atoms with Crippen LogP contribution in [0.1, 0.15) is 11.1 Å². The van der Waals surface area contributed by atoms with E-state index in [0.29, 0.717) is 0 Å². The summed E-state index contributed by atoms with van der Waals surface area (Å²) in [5, 5.41) is 9.60. The Bertz CT molecular complexity index is 860. The van der Waals surface area contributed by atoms with Crippen molar-refractivity contribution in [2.75, 3.05) is 69.2 Å². The highest BCUT2D eigenvalue weighted by Gasteiger charge is 2.20. The fraction of sp³-hybridized carbons (Fsp3) is 0.435. The highest BCUT2D eigenvalue weighted by Crippen LogP contribution is 2.24. The Morgan fingerprint density at radius 1 is 0.828 bits per heavy atom. The number of benzene rings is 2. The summed E-state index contributed by atoms with van der Waals surface area (Å²) in [6.07, 6.45) is 0. The molecule has 2 aromatic rings. The topological polar surface area (TPSA) is 36.8 Å². The number of hydrogen-bond donors (Lipinski definition) is 0. The van der Waals surface area contributed by atoms with Crippen molar-refractivity contribution in [3.8, 4) is 6.07 Å². The van der Waals surface area contributed by atoms with Crippen LogP contribution in [0, 0.1) is 11.3 Å². The molecule has 0 N–H and O–H groups in total. The van der Waals surface area contributed by atoms with Crippen LogP contribution in [0.25, 0.3) is 0 Å². The van der Waals surface area contributed by atoms with E-state index in [1.807, 2.05) is 6.07 Å². The molecule has 0 atom stereocenters. The van der Waals surface area contributed by atoms with E-state index < -0.39 is 0 Å². The first-order valence-electron chi connectivity index (χ1n) is 10.3. The Morgan fingerprint density at radius 2 is 1.41 bits per heavy atom. The van der Waals surface area contributed by atoms with Crippen LogP contribution < -0.4 is 9.80 Å². The molecule has 0 bridgehead atoms. The molecule has 6 heteroatoms. The molecule has 5 nitrogen and oxygen atoms in total. The molecule has 2 heterocycles. The van der Waals surface area contributed by atoms with Gasteiger partial charge in [0.1, 0.15) is 0 Å².